The zero-order valence-electron chi connectivity index (χ0n) is 11.5. The summed E-state index contributed by atoms with van der Waals surface area (Å²) in [6.07, 6.45) is 1.41. The predicted molar refractivity (Wildman–Crippen MR) is 79.6 cm³/mol. The van der Waals surface area contributed by atoms with Crippen LogP contribution in [0.25, 0.3) is 0 Å². The molecule has 0 aliphatic carbocycles. The molecule has 23 heavy (non-hydrogen) atoms. The molecular formula is C14H9N3O6. The van der Waals surface area contributed by atoms with Gasteiger partial charge in [-0.3, -0.25) is 25.2 Å². The van der Waals surface area contributed by atoms with Gasteiger partial charge in [0.05, 0.1) is 15.5 Å². The molecule has 0 aromatic heterocycles. The Hall–Kier alpha value is -3.49. The Labute approximate surface area is 129 Å². The normalized spacial score (nSPS) is 12.5. The third-order valence-electron chi connectivity index (χ3n) is 3.10. The fourth-order valence-electron chi connectivity index (χ4n) is 2.03. The summed E-state index contributed by atoms with van der Waals surface area (Å²) in [5.41, 5.74) is 0.697. The Kier molecular flexibility index (Phi) is 3.59. The van der Waals surface area contributed by atoms with Gasteiger partial charge in [0, 0.05) is 30.0 Å². The molecule has 0 fully saturated rings. The maximum atomic E-state index is 11.1. The lowest BCUT2D eigenvalue weighted by atomic mass is 10.2. The van der Waals surface area contributed by atoms with Crippen molar-refractivity contribution in [2.45, 2.75) is 0 Å². The van der Waals surface area contributed by atoms with E-state index in [2.05, 4.69) is 4.99 Å². The zero-order valence-corrected chi connectivity index (χ0v) is 11.5. The van der Waals surface area contributed by atoms with Gasteiger partial charge in [-0.15, -0.1) is 0 Å². The van der Waals surface area contributed by atoms with E-state index >= 15 is 0 Å². The average Bonchev–Trinajstić information content (AvgIpc) is 3.00. The van der Waals surface area contributed by atoms with E-state index in [1.165, 1.54) is 36.5 Å². The number of nitro benzene ring substituents is 2. The van der Waals surface area contributed by atoms with Crippen LogP contribution in [0.15, 0.2) is 41.4 Å². The van der Waals surface area contributed by atoms with Crippen molar-refractivity contribution in [3.63, 3.8) is 0 Å². The van der Waals surface area contributed by atoms with E-state index in [-0.39, 0.29) is 29.7 Å². The van der Waals surface area contributed by atoms with Crippen LogP contribution in [0.1, 0.15) is 5.56 Å². The second-order valence-electron chi connectivity index (χ2n) is 4.56. The van der Waals surface area contributed by atoms with E-state index < -0.39 is 9.85 Å². The minimum atomic E-state index is -0.559. The van der Waals surface area contributed by atoms with Crippen LogP contribution in [0.3, 0.4) is 0 Å². The highest BCUT2D eigenvalue weighted by molar-refractivity contribution is 5.85. The third kappa shape index (κ3) is 2.93. The Morgan fingerprint density at radius 2 is 1.78 bits per heavy atom. The predicted octanol–water partition coefficient (Wildman–Crippen LogP) is 2.98. The van der Waals surface area contributed by atoms with Gasteiger partial charge >= 0.3 is 5.69 Å². The lowest BCUT2D eigenvalue weighted by Gasteiger charge is -2.00. The number of nitro groups is 2. The largest absolute Gasteiger partial charge is 0.453 e. The number of hydrogen-bond acceptors (Lipinski definition) is 7. The van der Waals surface area contributed by atoms with Crippen molar-refractivity contribution in [3.8, 4) is 11.5 Å². The Morgan fingerprint density at radius 3 is 2.43 bits per heavy atom. The number of nitrogens with zero attached hydrogens (tertiary/aromatic N) is 3. The van der Waals surface area contributed by atoms with Gasteiger partial charge in [0.2, 0.25) is 12.5 Å². The van der Waals surface area contributed by atoms with Crippen LogP contribution in [-0.4, -0.2) is 22.9 Å². The fraction of sp³-hybridized carbons (Fsp3) is 0.0714. The molecule has 0 N–H and O–H groups in total. The molecule has 0 unspecified atom stereocenters. The van der Waals surface area contributed by atoms with Crippen molar-refractivity contribution < 1.29 is 19.3 Å². The Balaban J connectivity index is 1.89. The summed E-state index contributed by atoms with van der Waals surface area (Å²) < 4.78 is 10.2. The lowest BCUT2D eigenvalue weighted by molar-refractivity contribution is -0.385. The lowest BCUT2D eigenvalue weighted by Crippen LogP contribution is -1.95. The highest BCUT2D eigenvalue weighted by Gasteiger charge is 2.26. The van der Waals surface area contributed by atoms with Gasteiger partial charge in [-0.1, -0.05) is 0 Å². The van der Waals surface area contributed by atoms with E-state index in [0.29, 0.717) is 11.3 Å². The van der Waals surface area contributed by atoms with Crippen LogP contribution in [0.4, 0.5) is 17.1 Å². The summed E-state index contributed by atoms with van der Waals surface area (Å²) in [6, 6.07) is 8.52. The molecule has 2 aromatic carbocycles. The zero-order chi connectivity index (χ0) is 16.4. The first-order chi connectivity index (χ1) is 11.0. The molecule has 116 valence electrons. The molecule has 0 spiro atoms. The van der Waals surface area contributed by atoms with Gasteiger partial charge in [-0.05, 0) is 18.2 Å². The molecule has 1 heterocycles. The first-order valence-corrected chi connectivity index (χ1v) is 6.41. The summed E-state index contributed by atoms with van der Waals surface area (Å²) >= 11 is 0. The molecule has 0 amide bonds. The number of non-ortho nitro benzene ring substituents is 1. The smallest absolute Gasteiger partial charge is 0.315 e. The Bertz CT molecular complexity index is 816. The van der Waals surface area contributed by atoms with Crippen LogP contribution in [0.5, 0.6) is 11.5 Å². The average molecular weight is 315 g/mol. The molecule has 9 heteroatoms. The fourth-order valence-corrected chi connectivity index (χ4v) is 2.03. The van der Waals surface area contributed by atoms with Crippen molar-refractivity contribution in [2.24, 2.45) is 4.99 Å². The van der Waals surface area contributed by atoms with Crippen molar-refractivity contribution in [2.75, 3.05) is 6.79 Å². The molecule has 3 rings (SSSR count). The van der Waals surface area contributed by atoms with E-state index in [9.17, 15) is 20.2 Å². The molecular weight excluding hydrogens is 306 g/mol. The van der Waals surface area contributed by atoms with E-state index in [1.807, 2.05) is 0 Å². The number of rotatable bonds is 4. The second-order valence-corrected chi connectivity index (χ2v) is 4.56. The molecule has 1 aliphatic rings. The molecule has 1 aliphatic heterocycles. The summed E-state index contributed by atoms with van der Waals surface area (Å²) in [5.74, 6) is 0.381. The van der Waals surface area contributed by atoms with Crippen LogP contribution in [0.2, 0.25) is 0 Å². The van der Waals surface area contributed by atoms with Crippen molar-refractivity contribution >= 4 is 23.3 Å². The van der Waals surface area contributed by atoms with Crippen molar-refractivity contribution in [3.05, 3.63) is 62.2 Å². The number of fused-ring (bicyclic) bond motifs is 1. The quantitative estimate of drug-likeness (QED) is 0.486. The van der Waals surface area contributed by atoms with Crippen LogP contribution in [0, 0.1) is 20.2 Å². The number of hydrogen-bond donors (Lipinski definition) is 0. The van der Waals surface area contributed by atoms with Crippen LogP contribution < -0.4 is 9.47 Å². The minimum Gasteiger partial charge on any atom is -0.453 e. The molecule has 0 radical (unpaired) electrons. The standard InChI is InChI=1S/C14H9N3O6/c18-16(19)11-3-1-10(2-4-11)15-7-9-5-12(17(20)21)14-13(6-9)22-8-23-14/h1-7H,8H2. The highest BCUT2D eigenvalue weighted by atomic mass is 16.7. The van der Waals surface area contributed by atoms with Gasteiger partial charge in [0.25, 0.3) is 5.69 Å². The van der Waals surface area contributed by atoms with Gasteiger partial charge in [-0.2, -0.15) is 0 Å². The van der Waals surface area contributed by atoms with Crippen LogP contribution in [-0.2, 0) is 0 Å². The molecule has 0 saturated heterocycles. The van der Waals surface area contributed by atoms with E-state index in [0.717, 1.165) is 0 Å². The van der Waals surface area contributed by atoms with Gasteiger partial charge < -0.3 is 9.47 Å². The van der Waals surface area contributed by atoms with E-state index in [1.54, 1.807) is 6.07 Å². The van der Waals surface area contributed by atoms with Gasteiger partial charge in [-0.25, -0.2) is 0 Å². The summed E-state index contributed by atoms with van der Waals surface area (Å²) in [5, 5.41) is 21.6. The minimum absolute atomic E-state index is 0.0392. The number of benzene rings is 2. The highest BCUT2D eigenvalue weighted by Crippen LogP contribution is 2.41. The Morgan fingerprint density at radius 1 is 1.04 bits per heavy atom. The summed E-state index contributed by atoms with van der Waals surface area (Å²) in [6.45, 7) is -0.0703. The maximum Gasteiger partial charge on any atom is 0.315 e. The topological polar surface area (TPSA) is 117 Å². The van der Waals surface area contributed by atoms with Gasteiger partial charge in [0.1, 0.15) is 0 Å². The maximum absolute atomic E-state index is 11.1. The molecule has 2 aromatic rings. The summed E-state index contributed by atoms with van der Waals surface area (Å²) in [7, 11) is 0. The van der Waals surface area contributed by atoms with Crippen LogP contribution >= 0.6 is 0 Å². The first-order valence-electron chi connectivity index (χ1n) is 6.41. The number of aliphatic imine (C=N–C) groups is 1. The monoisotopic (exact) mass is 315 g/mol. The van der Waals surface area contributed by atoms with E-state index in [4.69, 9.17) is 9.47 Å². The SMILES string of the molecule is O=[N+]([O-])c1ccc(N=Cc2cc3c(c([N+](=O)[O-])c2)OCO3)cc1. The van der Waals surface area contributed by atoms with Crippen molar-refractivity contribution in [1.82, 2.24) is 0 Å². The van der Waals surface area contributed by atoms with Crippen molar-refractivity contribution in [1.29, 1.82) is 0 Å². The third-order valence-corrected chi connectivity index (χ3v) is 3.10. The second kappa shape index (κ2) is 5.72. The molecule has 0 saturated carbocycles. The van der Waals surface area contributed by atoms with Gasteiger partial charge in [0.15, 0.2) is 5.75 Å². The first kappa shape index (κ1) is 14.4. The summed E-state index contributed by atoms with van der Waals surface area (Å²) in [4.78, 5) is 24.7. The molecule has 0 bridgehead atoms. The molecule has 9 nitrogen and oxygen atoms in total. The number of ether oxygens (including phenoxy) is 2. The molecule has 0 atom stereocenters.